The second-order valence-electron chi connectivity index (χ2n) is 5.98. The van der Waals surface area contributed by atoms with Gasteiger partial charge in [-0.05, 0) is 69.0 Å². The summed E-state index contributed by atoms with van der Waals surface area (Å²) in [5.41, 5.74) is 4.45. The average Bonchev–Trinajstić information content (AvgIpc) is 2.64. The summed E-state index contributed by atoms with van der Waals surface area (Å²) in [5.74, 6) is -0.724. The Labute approximate surface area is 121 Å². The van der Waals surface area contributed by atoms with Gasteiger partial charge in [0.15, 0.2) is 0 Å². The van der Waals surface area contributed by atoms with E-state index in [9.17, 15) is 9.90 Å². The van der Waals surface area contributed by atoms with Crippen LogP contribution in [0.4, 0.5) is 0 Å². The van der Waals surface area contributed by atoms with Crippen LogP contribution in [0.2, 0.25) is 0 Å². The third kappa shape index (κ3) is 3.21. The van der Waals surface area contributed by atoms with Crippen molar-refractivity contribution in [3.8, 4) is 0 Å². The van der Waals surface area contributed by atoms with Gasteiger partial charge in [-0.25, -0.2) is 0 Å². The number of benzene rings is 1. The summed E-state index contributed by atoms with van der Waals surface area (Å²) in [7, 11) is 0. The molecule has 1 saturated heterocycles. The second kappa shape index (κ2) is 6.40. The van der Waals surface area contributed by atoms with Gasteiger partial charge >= 0.3 is 5.97 Å². The lowest BCUT2D eigenvalue weighted by atomic mass is 9.94. The highest BCUT2D eigenvalue weighted by Gasteiger charge is 2.29. The number of hydrogen-bond acceptors (Lipinski definition) is 2. The molecular weight excluding hydrogens is 250 g/mol. The van der Waals surface area contributed by atoms with Crippen LogP contribution in [-0.2, 0) is 4.79 Å². The zero-order chi connectivity index (χ0) is 14.7. The van der Waals surface area contributed by atoms with E-state index in [2.05, 4.69) is 30.9 Å². The van der Waals surface area contributed by atoms with Crippen molar-refractivity contribution in [2.24, 2.45) is 0 Å². The van der Waals surface area contributed by atoms with Crippen molar-refractivity contribution >= 4 is 5.97 Å². The summed E-state index contributed by atoms with van der Waals surface area (Å²) in [4.78, 5) is 14.0. The maximum atomic E-state index is 11.8. The molecular formula is C17H25NO2. The van der Waals surface area contributed by atoms with Crippen LogP contribution in [0, 0.1) is 20.8 Å². The first-order valence-electron chi connectivity index (χ1n) is 7.55. The van der Waals surface area contributed by atoms with E-state index in [1.165, 1.54) is 24.0 Å². The van der Waals surface area contributed by atoms with E-state index in [0.717, 1.165) is 37.1 Å². The number of likely N-dealkylation sites (tertiary alicyclic amines) is 1. The molecule has 1 atom stereocenters. The van der Waals surface area contributed by atoms with Crippen molar-refractivity contribution in [3.63, 3.8) is 0 Å². The van der Waals surface area contributed by atoms with Crippen LogP contribution in [0.25, 0.3) is 0 Å². The van der Waals surface area contributed by atoms with Crippen LogP contribution < -0.4 is 0 Å². The molecule has 110 valence electrons. The number of carboxylic acid groups (broad SMARTS) is 1. The number of carboxylic acids is 1. The SMILES string of the molecule is Cc1cc(C)c(C(C(=O)O)N2CCCCCC2)cc1C. The summed E-state index contributed by atoms with van der Waals surface area (Å²) in [5, 5.41) is 9.71. The van der Waals surface area contributed by atoms with E-state index in [1.54, 1.807) is 0 Å². The Bertz CT molecular complexity index is 488. The third-order valence-corrected chi connectivity index (χ3v) is 4.42. The van der Waals surface area contributed by atoms with Crippen LogP contribution in [0.15, 0.2) is 12.1 Å². The number of rotatable bonds is 3. The molecule has 0 bridgehead atoms. The first kappa shape index (κ1) is 15.0. The lowest BCUT2D eigenvalue weighted by Gasteiger charge is -2.29. The molecule has 1 N–H and O–H groups in total. The van der Waals surface area contributed by atoms with Crippen molar-refractivity contribution < 1.29 is 9.90 Å². The Morgan fingerprint density at radius 3 is 2.10 bits per heavy atom. The van der Waals surface area contributed by atoms with Gasteiger partial charge in [-0.3, -0.25) is 9.69 Å². The molecule has 0 aliphatic carbocycles. The predicted molar refractivity (Wildman–Crippen MR) is 81.1 cm³/mol. The molecule has 0 spiro atoms. The Kier molecular flexibility index (Phi) is 4.81. The summed E-state index contributed by atoms with van der Waals surface area (Å²) >= 11 is 0. The minimum Gasteiger partial charge on any atom is -0.480 e. The maximum absolute atomic E-state index is 11.8. The first-order chi connectivity index (χ1) is 9.50. The molecule has 0 aromatic heterocycles. The highest BCUT2D eigenvalue weighted by molar-refractivity contribution is 5.76. The van der Waals surface area contributed by atoms with Gasteiger partial charge in [0.1, 0.15) is 6.04 Å². The monoisotopic (exact) mass is 275 g/mol. The van der Waals surface area contributed by atoms with Crippen molar-refractivity contribution in [1.82, 2.24) is 4.90 Å². The summed E-state index contributed by atoms with van der Waals surface area (Å²) in [6.07, 6.45) is 4.64. The van der Waals surface area contributed by atoms with Crippen LogP contribution >= 0.6 is 0 Å². The van der Waals surface area contributed by atoms with Crippen molar-refractivity contribution in [3.05, 3.63) is 34.4 Å². The third-order valence-electron chi connectivity index (χ3n) is 4.42. The van der Waals surface area contributed by atoms with Crippen LogP contribution in [0.3, 0.4) is 0 Å². The molecule has 1 aromatic carbocycles. The molecule has 20 heavy (non-hydrogen) atoms. The van der Waals surface area contributed by atoms with Gasteiger partial charge in [-0.15, -0.1) is 0 Å². The van der Waals surface area contributed by atoms with Crippen molar-refractivity contribution in [2.75, 3.05) is 13.1 Å². The molecule has 1 aliphatic heterocycles. The molecule has 2 rings (SSSR count). The van der Waals surface area contributed by atoms with E-state index in [-0.39, 0.29) is 0 Å². The van der Waals surface area contributed by atoms with Gasteiger partial charge in [0.2, 0.25) is 0 Å². The minimum atomic E-state index is -0.724. The number of aryl methyl sites for hydroxylation is 3. The fourth-order valence-electron chi connectivity index (χ4n) is 3.12. The van der Waals surface area contributed by atoms with E-state index in [1.807, 2.05) is 6.92 Å². The molecule has 3 heteroatoms. The smallest absolute Gasteiger partial charge is 0.325 e. The van der Waals surface area contributed by atoms with Gasteiger partial charge in [0.05, 0.1) is 0 Å². The van der Waals surface area contributed by atoms with Gasteiger partial charge < -0.3 is 5.11 Å². The molecule has 1 heterocycles. The second-order valence-corrected chi connectivity index (χ2v) is 5.98. The lowest BCUT2D eigenvalue weighted by Crippen LogP contribution is -2.35. The number of carbonyl (C=O) groups is 1. The number of aliphatic carboxylic acids is 1. The van der Waals surface area contributed by atoms with Crippen molar-refractivity contribution in [1.29, 1.82) is 0 Å². The predicted octanol–water partition coefficient (Wildman–Crippen LogP) is 3.61. The largest absolute Gasteiger partial charge is 0.480 e. The number of nitrogens with zero attached hydrogens (tertiary/aromatic N) is 1. The summed E-state index contributed by atoms with van der Waals surface area (Å²) in [6, 6.07) is 3.68. The molecule has 3 nitrogen and oxygen atoms in total. The highest BCUT2D eigenvalue weighted by Crippen LogP contribution is 2.29. The van der Waals surface area contributed by atoms with E-state index in [0.29, 0.717) is 0 Å². The minimum absolute atomic E-state index is 0.493. The van der Waals surface area contributed by atoms with Gasteiger partial charge in [0.25, 0.3) is 0 Å². The molecule has 1 fully saturated rings. The van der Waals surface area contributed by atoms with Crippen LogP contribution in [-0.4, -0.2) is 29.1 Å². The first-order valence-corrected chi connectivity index (χ1v) is 7.55. The molecule has 1 aromatic rings. The topological polar surface area (TPSA) is 40.5 Å². The Morgan fingerprint density at radius 1 is 1.00 bits per heavy atom. The fourth-order valence-corrected chi connectivity index (χ4v) is 3.12. The summed E-state index contributed by atoms with van der Waals surface area (Å²) in [6.45, 7) is 7.94. The van der Waals surface area contributed by atoms with Gasteiger partial charge in [-0.2, -0.15) is 0 Å². The molecule has 1 aliphatic rings. The maximum Gasteiger partial charge on any atom is 0.325 e. The van der Waals surface area contributed by atoms with Gasteiger partial charge in [-0.1, -0.05) is 25.0 Å². The molecule has 1 unspecified atom stereocenters. The average molecular weight is 275 g/mol. The quantitative estimate of drug-likeness (QED) is 0.916. The van der Waals surface area contributed by atoms with E-state index >= 15 is 0 Å². The zero-order valence-electron chi connectivity index (χ0n) is 12.8. The normalized spacial score (nSPS) is 18.6. The Morgan fingerprint density at radius 2 is 1.55 bits per heavy atom. The fraction of sp³-hybridized carbons (Fsp3) is 0.588. The molecule has 0 amide bonds. The Hall–Kier alpha value is -1.35. The van der Waals surface area contributed by atoms with Crippen LogP contribution in [0.1, 0.15) is 54.0 Å². The number of hydrogen-bond donors (Lipinski definition) is 1. The zero-order valence-corrected chi connectivity index (χ0v) is 12.8. The molecule has 0 saturated carbocycles. The van der Waals surface area contributed by atoms with Crippen molar-refractivity contribution in [2.45, 2.75) is 52.5 Å². The highest BCUT2D eigenvalue weighted by atomic mass is 16.4. The standard InChI is InChI=1S/C17H25NO2/c1-12-10-14(3)15(11-13(12)2)16(17(19)20)18-8-6-4-5-7-9-18/h10-11,16H,4-9H2,1-3H3,(H,19,20). The van der Waals surface area contributed by atoms with E-state index < -0.39 is 12.0 Å². The molecule has 0 radical (unpaired) electrons. The summed E-state index contributed by atoms with van der Waals surface area (Å²) < 4.78 is 0. The Balaban J connectivity index is 2.37. The van der Waals surface area contributed by atoms with E-state index in [4.69, 9.17) is 0 Å². The van der Waals surface area contributed by atoms with Crippen LogP contribution in [0.5, 0.6) is 0 Å². The lowest BCUT2D eigenvalue weighted by molar-refractivity contribution is -0.143. The van der Waals surface area contributed by atoms with Gasteiger partial charge in [0, 0.05) is 0 Å².